The predicted octanol–water partition coefficient (Wildman–Crippen LogP) is 4.86. The van der Waals surface area contributed by atoms with Crippen LogP contribution in [0.25, 0.3) is 10.8 Å². The van der Waals surface area contributed by atoms with Gasteiger partial charge in [0.05, 0.1) is 13.2 Å². The van der Waals surface area contributed by atoms with Crippen LogP contribution in [0.5, 0.6) is 5.75 Å². The van der Waals surface area contributed by atoms with Crippen molar-refractivity contribution in [3.05, 3.63) is 76.8 Å². The summed E-state index contributed by atoms with van der Waals surface area (Å²) in [4.78, 5) is 0. The number of ether oxygens (including phenoxy) is 2. The van der Waals surface area contributed by atoms with Crippen molar-refractivity contribution in [2.45, 2.75) is 12.3 Å². The van der Waals surface area contributed by atoms with Crippen LogP contribution in [0.2, 0.25) is 5.02 Å². The van der Waals surface area contributed by atoms with E-state index in [1.807, 2.05) is 24.3 Å². The molecular formula is C21H18ClNO2. The van der Waals surface area contributed by atoms with Gasteiger partial charge in [-0.05, 0) is 34.5 Å². The Morgan fingerprint density at radius 1 is 0.920 bits per heavy atom. The van der Waals surface area contributed by atoms with Crippen LogP contribution in [-0.4, -0.2) is 13.2 Å². The molecule has 0 spiro atoms. The predicted molar refractivity (Wildman–Crippen MR) is 99.0 cm³/mol. The fourth-order valence-corrected chi connectivity index (χ4v) is 4.00. The Kier molecular flexibility index (Phi) is 3.66. The Morgan fingerprint density at radius 3 is 2.64 bits per heavy atom. The van der Waals surface area contributed by atoms with Crippen LogP contribution < -0.4 is 10.1 Å². The maximum Gasteiger partial charge on any atom is 0.134 e. The molecule has 0 bridgehead atoms. The summed E-state index contributed by atoms with van der Waals surface area (Å²) in [5.41, 5.74) is 2.34. The van der Waals surface area contributed by atoms with E-state index in [1.165, 1.54) is 16.3 Å². The third-order valence-electron chi connectivity index (χ3n) is 5.15. The summed E-state index contributed by atoms with van der Waals surface area (Å²) >= 11 is 6.02. The van der Waals surface area contributed by atoms with Crippen molar-refractivity contribution < 1.29 is 9.47 Å². The molecule has 0 radical (unpaired) electrons. The lowest BCUT2D eigenvalue weighted by Crippen LogP contribution is -2.45. The van der Waals surface area contributed by atoms with E-state index < -0.39 is 0 Å². The van der Waals surface area contributed by atoms with Gasteiger partial charge in [0.1, 0.15) is 12.0 Å². The molecule has 2 aliphatic heterocycles. The summed E-state index contributed by atoms with van der Waals surface area (Å²) in [5.74, 6) is 1.28. The van der Waals surface area contributed by atoms with Gasteiger partial charge in [0.15, 0.2) is 0 Å². The molecule has 126 valence electrons. The van der Waals surface area contributed by atoms with E-state index in [-0.39, 0.29) is 12.3 Å². The molecule has 3 unspecified atom stereocenters. The highest BCUT2D eigenvalue weighted by Gasteiger charge is 2.38. The molecule has 1 fully saturated rings. The molecule has 0 amide bonds. The smallest absolute Gasteiger partial charge is 0.134 e. The number of rotatable bonds is 1. The molecule has 0 aliphatic carbocycles. The number of benzene rings is 3. The molecule has 5 rings (SSSR count). The molecule has 0 saturated carbocycles. The van der Waals surface area contributed by atoms with E-state index in [2.05, 4.69) is 41.7 Å². The maximum atomic E-state index is 6.07. The maximum absolute atomic E-state index is 6.07. The van der Waals surface area contributed by atoms with E-state index in [0.29, 0.717) is 19.1 Å². The molecule has 4 heteroatoms. The van der Waals surface area contributed by atoms with E-state index >= 15 is 0 Å². The van der Waals surface area contributed by atoms with Crippen molar-refractivity contribution in [1.82, 2.24) is 5.32 Å². The SMILES string of the molecule is Clc1ccc(C2NC3c4c(ccc5ccccc45)OCC3CO2)cc1. The zero-order chi connectivity index (χ0) is 16.8. The fourth-order valence-electron chi connectivity index (χ4n) is 3.88. The lowest BCUT2D eigenvalue weighted by molar-refractivity contribution is -0.0708. The van der Waals surface area contributed by atoms with Gasteiger partial charge < -0.3 is 9.47 Å². The van der Waals surface area contributed by atoms with Crippen LogP contribution in [0, 0.1) is 5.92 Å². The van der Waals surface area contributed by atoms with Crippen molar-refractivity contribution >= 4 is 22.4 Å². The molecule has 25 heavy (non-hydrogen) atoms. The molecule has 0 aromatic heterocycles. The Labute approximate surface area is 151 Å². The second-order valence-electron chi connectivity index (χ2n) is 6.68. The van der Waals surface area contributed by atoms with Gasteiger partial charge in [-0.3, -0.25) is 5.32 Å². The van der Waals surface area contributed by atoms with Gasteiger partial charge in [-0.15, -0.1) is 0 Å². The molecule has 1 N–H and O–H groups in total. The average molecular weight is 352 g/mol. The lowest BCUT2D eigenvalue weighted by atomic mass is 9.86. The van der Waals surface area contributed by atoms with Gasteiger partial charge in [0, 0.05) is 22.5 Å². The van der Waals surface area contributed by atoms with E-state index in [1.54, 1.807) is 0 Å². The van der Waals surface area contributed by atoms with Crippen LogP contribution in [0.15, 0.2) is 60.7 Å². The summed E-state index contributed by atoms with van der Waals surface area (Å²) in [6.45, 7) is 1.35. The minimum absolute atomic E-state index is 0.136. The summed E-state index contributed by atoms with van der Waals surface area (Å²) in [7, 11) is 0. The van der Waals surface area contributed by atoms with Gasteiger partial charge in [-0.2, -0.15) is 0 Å². The molecule has 2 heterocycles. The van der Waals surface area contributed by atoms with Crippen LogP contribution >= 0.6 is 11.6 Å². The zero-order valence-corrected chi connectivity index (χ0v) is 14.4. The minimum atomic E-state index is -0.136. The molecule has 1 saturated heterocycles. The van der Waals surface area contributed by atoms with E-state index in [4.69, 9.17) is 21.1 Å². The fraction of sp³-hybridized carbons (Fsp3) is 0.238. The van der Waals surface area contributed by atoms with Crippen LogP contribution in [0.1, 0.15) is 23.4 Å². The van der Waals surface area contributed by atoms with Crippen LogP contribution in [0.4, 0.5) is 0 Å². The summed E-state index contributed by atoms with van der Waals surface area (Å²) in [5, 5.41) is 6.92. The third-order valence-corrected chi connectivity index (χ3v) is 5.40. The van der Waals surface area contributed by atoms with Crippen molar-refractivity contribution in [1.29, 1.82) is 0 Å². The topological polar surface area (TPSA) is 30.5 Å². The van der Waals surface area contributed by atoms with Crippen molar-refractivity contribution in [3.63, 3.8) is 0 Å². The Morgan fingerprint density at radius 2 is 1.76 bits per heavy atom. The first-order chi connectivity index (χ1) is 12.3. The van der Waals surface area contributed by atoms with Gasteiger partial charge in [-0.1, -0.05) is 54.1 Å². The lowest BCUT2D eigenvalue weighted by Gasteiger charge is -2.41. The Bertz CT molecular complexity index is 925. The highest BCUT2D eigenvalue weighted by molar-refractivity contribution is 6.30. The molecule has 3 atom stereocenters. The van der Waals surface area contributed by atoms with Crippen LogP contribution in [-0.2, 0) is 4.74 Å². The first kappa shape index (κ1) is 15.2. The number of halogens is 1. The van der Waals surface area contributed by atoms with Gasteiger partial charge in [-0.25, -0.2) is 0 Å². The molecular weight excluding hydrogens is 334 g/mol. The monoisotopic (exact) mass is 351 g/mol. The first-order valence-corrected chi connectivity index (χ1v) is 8.95. The van der Waals surface area contributed by atoms with Crippen molar-refractivity contribution in [2.75, 3.05) is 13.2 Å². The highest BCUT2D eigenvalue weighted by atomic mass is 35.5. The molecule has 3 aromatic carbocycles. The molecule has 3 nitrogen and oxygen atoms in total. The second kappa shape index (κ2) is 6.03. The van der Waals surface area contributed by atoms with E-state index in [9.17, 15) is 0 Å². The second-order valence-corrected chi connectivity index (χ2v) is 7.12. The first-order valence-electron chi connectivity index (χ1n) is 8.57. The third kappa shape index (κ3) is 2.60. The quantitative estimate of drug-likeness (QED) is 0.679. The van der Waals surface area contributed by atoms with Gasteiger partial charge >= 0.3 is 0 Å². The summed E-state index contributed by atoms with van der Waals surface area (Å²) in [6.07, 6.45) is -0.136. The Balaban J connectivity index is 1.56. The standard InChI is InChI=1S/C21H18ClNO2/c22-16-8-5-14(6-9-16)21-23-20-15(12-25-21)11-24-18-10-7-13-3-1-2-4-17(13)19(18)20/h1-10,15,20-21,23H,11-12H2. The number of hydrogen-bond donors (Lipinski definition) is 1. The van der Waals surface area contributed by atoms with Gasteiger partial charge in [0.25, 0.3) is 0 Å². The van der Waals surface area contributed by atoms with E-state index in [0.717, 1.165) is 16.3 Å². The number of nitrogens with one attached hydrogen (secondary N) is 1. The Hall–Kier alpha value is -2.07. The zero-order valence-electron chi connectivity index (χ0n) is 13.6. The minimum Gasteiger partial charge on any atom is -0.493 e. The highest BCUT2D eigenvalue weighted by Crippen LogP contribution is 2.43. The van der Waals surface area contributed by atoms with Crippen molar-refractivity contribution in [2.24, 2.45) is 5.92 Å². The molecule has 3 aromatic rings. The van der Waals surface area contributed by atoms with Crippen LogP contribution in [0.3, 0.4) is 0 Å². The summed E-state index contributed by atoms with van der Waals surface area (Å²) in [6, 6.07) is 20.8. The molecule has 2 aliphatic rings. The number of fused-ring (bicyclic) bond motifs is 5. The summed E-state index contributed by atoms with van der Waals surface area (Å²) < 4.78 is 12.1. The average Bonchev–Trinajstić information content (AvgIpc) is 2.67. The van der Waals surface area contributed by atoms with Crippen molar-refractivity contribution in [3.8, 4) is 5.75 Å². The number of hydrogen-bond acceptors (Lipinski definition) is 3. The largest absolute Gasteiger partial charge is 0.493 e. The normalized spacial score (nSPS) is 25.1. The van der Waals surface area contributed by atoms with Gasteiger partial charge in [0.2, 0.25) is 0 Å².